The topological polar surface area (TPSA) is 41.4 Å². The molecule has 2 heterocycles. The number of halogens is 1. The number of hydrogen-bond acceptors (Lipinski definition) is 3. The number of piperidine rings is 1. The zero-order valence-electron chi connectivity index (χ0n) is 19.1. The van der Waals surface area contributed by atoms with E-state index in [2.05, 4.69) is 23.3 Å². The fourth-order valence-corrected chi connectivity index (χ4v) is 4.79. The molecule has 1 aliphatic heterocycles. The number of carbonyl (C=O) groups is 1. The van der Waals surface area contributed by atoms with Gasteiger partial charge in [0.2, 0.25) is 5.91 Å². The second-order valence-electron chi connectivity index (χ2n) is 8.73. The predicted molar refractivity (Wildman–Crippen MR) is 126 cm³/mol. The van der Waals surface area contributed by atoms with Crippen molar-refractivity contribution in [3.05, 3.63) is 60.2 Å². The monoisotopic (exact) mass is 436 g/mol. The molecular weight excluding hydrogens is 403 g/mol. The van der Waals surface area contributed by atoms with E-state index in [1.54, 1.807) is 12.1 Å². The van der Waals surface area contributed by atoms with Crippen LogP contribution in [0.3, 0.4) is 0 Å². The molecule has 1 aliphatic rings. The molecule has 170 valence electrons. The van der Waals surface area contributed by atoms with E-state index in [1.165, 1.54) is 12.1 Å². The second-order valence-corrected chi connectivity index (χ2v) is 8.73. The van der Waals surface area contributed by atoms with Crippen LogP contribution < -0.4 is 0 Å². The highest BCUT2D eigenvalue weighted by Crippen LogP contribution is 2.25. The van der Waals surface area contributed by atoms with Crippen molar-refractivity contribution in [1.29, 1.82) is 0 Å². The Bertz CT molecular complexity index is 1040. The van der Waals surface area contributed by atoms with E-state index in [0.29, 0.717) is 12.5 Å². The summed E-state index contributed by atoms with van der Waals surface area (Å²) in [5.41, 5.74) is 2.83. The highest BCUT2D eigenvalue weighted by molar-refractivity contribution is 5.79. The van der Waals surface area contributed by atoms with Crippen LogP contribution in [-0.4, -0.2) is 51.4 Å². The molecule has 0 spiro atoms. The van der Waals surface area contributed by atoms with Gasteiger partial charge in [-0.3, -0.25) is 14.3 Å². The summed E-state index contributed by atoms with van der Waals surface area (Å²) in [6.45, 7) is 8.31. The van der Waals surface area contributed by atoms with Crippen LogP contribution in [0.25, 0.3) is 16.7 Å². The first-order valence-electron chi connectivity index (χ1n) is 11.8. The fraction of sp³-hybridized carbons (Fsp3) is 0.462. The van der Waals surface area contributed by atoms with Crippen LogP contribution in [0.1, 0.15) is 45.4 Å². The fourth-order valence-electron chi connectivity index (χ4n) is 4.79. The van der Waals surface area contributed by atoms with Gasteiger partial charge in [0.05, 0.1) is 23.5 Å². The lowest BCUT2D eigenvalue weighted by Gasteiger charge is -2.34. The van der Waals surface area contributed by atoms with Crippen molar-refractivity contribution in [3.63, 3.8) is 0 Å². The first-order valence-corrected chi connectivity index (χ1v) is 11.8. The molecule has 0 aliphatic carbocycles. The quantitative estimate of drug-likeness (QED) is 0.498. The number of benzene rings is 2. The van der Waals surface area contributed by atoms with Crippen LogP contribution in [0.2, 0.25) is 0 Å². The largest absolute Gasteiger partial charge is 0.342 e. The molecule has 1 amide bonds. The summed E-state index contributed by atoms with van der Waals surface area (Å²) in [4.78, 5) is 22.5. The van der Waals surface area contributed by atoms with Gasteiger partial charge in [0.15, 0.2) is 0 Å². The van der Waals surface area contributed by atoms with Crippen molar-refractivity contribution in [2.45, 2.75) is 46.1 Å². The Balaban J connectivity index is 1.57. The minimum absolute atomic E-state index is 0.0468. The molecule has 5 nitrogen and oxygen atoms in total. The van der Waals surface area contributed by atoms with Gasteiger partial charge in [0.1, 0.15) is 11.6 Å². The first kappa shape index (κ1) is 22.5. The molecule has 1 atom stereocenters. The van der Waals surface area contributed by atoms with Crippen molar-refractivity contribution in [1.82, 2.24) is 19.4 Å². The van der Waals surface area contributed by atoms with Gasteiger partial charge in [-0.2, -0.15) is 0 Å². The summed E-state index contributed by atoms with van der Waals surface area (Å²) in [6.07, 6.45) is 3.95. The lowest BCUT2D eigenvalue weighted by atomic mass is 9.96. The summed E-state index contributed by atoms with van der Waals surface area (Å²) < 4.78 is 15.7. The van der Waals surface area contributed by atoms with Crippen molar-refractivity contribution in [3.8, 4) is 5.69 Å². The van der Waals surface area contributed by atoms with Crippen molar-refractivity contribution in [2.75, 3.05) is 26.2 Å². The number of rotatable bonds is 8. The summed E-state index contributed by atoms with van der Waals surface area (Å²) in [6, 6.07) is 14.6. The Morgan fingerprint density at radius 1 is 1.09 bits per heavy atom. The van der Waals surface area contributed by atoms with Crippen LogP contribution >= 0.6 is 0 Å². The van der Waals surface area contributed by atoms with Gasteiger partial charge in [0.25, 0.3) is 0 Å². The molecule has 1 aromatic heterocycles. The van der Waals surface area contributed by atoms with E-state index in [0.717, 1.165) is 74.4 Å². The van der Waals surface area contributed by atoms with Gasteiger partial charge >= 0.3 is 0 Å². The van der Waals surface area contributed by atoms with Crippen LogP contribution in [0.5, 0.6) is 0 Å². The van der Waals surface area contributed by atoms with E-state index in [4.69, 9.17) is 4.98 Å². The molecule has 32 heavy (non-hydrogen) atoms. The molecule has 1 saturated heterocycles. The number of fused-ring (bicyclic) bond motifs is 1. The number of hydrogen-bond donors (Lipinski definition) is 0. The van der Waals surface area contributed by atoms with Gasteiger partial charge in [-0.15, -0.1) is 0 Å². The highest BCUT2D eigenvalue weighted by atomic mass is 19.1. The summed E-state index contributed by atoms with van der Waals surface area (Å²) in [5, 5.41) is 0. The van der Waals surface area contributed by atoms with Crippen molar-refractivity contribution < 1.29 is 9.18 Å². The van der Waals surface area contributed by atoms with Gasteiger partial charge in [0, 0.05) is 25.3 Å². The minimum Gasteiger partial charge on any atom is -0.342 e. The predicted octanol–water partition coefficient (Wildman–Crippen LogP) is 5.03. The van der Waals surface area contributed by atoms with E-state index >= 15 is 0 Å². The Morgan fingerprint density at radius 3 is 2.53 bits per heavy atom. The third-order valence-corrected chi connectivity index (χ3v) is 6.23. The molecule has 0 bridgehead atoms. The molecule has 1 fully saturated rings. The molecule has 3 aromatic rings. The normalized spacial score (nSPS) is 17.0. The van der Waals surface area contributed by atoms with Gasteiger partial charge in [-0.1, -0.05) is 26.0 Å². The molecule has 0 radical (unpaired) electrons. The summed E-state index contributed by atoms with van der Waals surface area (Å²) in [5.74, 6) is 1.02. The van der Waals surface area contributed by atoms with Crippen LogP contribution in [0.4, 0.5) is 4.39 Å². The minimum atomic E-state index is -0.249. The average molecular weight is 437 g/mol. The Morgan fingerprint density at radius 2 is 1.81 bits per heavy atom. The van der Waals surface area contributed by atoms with Crippen LogP contribution in [0, 0.1) is 11.7 Å². The number of aromatic nitrogens is 2. The molecule has 6 heteroatoms. The summed E-state index contributed by atoms with van der Waals surface area (Å²) >= 11 is 0. The Labute approximate surface area is 189 Å². The first-order chi connectivity index (χ1) is 15.6. The Kier molecular flexibility index (Phi) is 7.20. The SMILES string of the molecule is CCCN(CCC)C(=O)[C@H]1CCCN(Cc2nc3ccccc3n2-c2ccc(F)cc2)C1. The van der Waals surface area contributed by atoms with E-state index < -0.39 is 0 Å². The lowest BCUT2D eigenvalue weighted by Crippen LogP contribution is -2.45. The maximum atomic E-state index is 13.5. The van der Waals surface area contributed by atoms with Gasteiger partial charge in [-0.05, 0) is 68.6 Å². The molecule has 4 rings (SSSR count). The maximum Gasteiger partial charge on any atom is 0.226 e. The number of carbonyl (C=O) groups excluding carboxylic acids is 1. The maximum absolute atomic E-state index is 13.5. The zero-order chi connectivity index (χ0) is 22.5. The Hall–Kier alpha value is -2.73. The highest BCUT2D eigenvalue weighted by Gasteiger charge is 2.29. The molecule has 0 saturated carbocycles. The zero-order valence-corrected chi connectivity index (χ0v) is 19.1. The number of nitrogens with zero attached hydrogens (tertiary/aromatic N) is 4. The molecule has 0 unspecified atom stereocenters. The molecule has 2 aromatic carbocycles. The average Bonchev–Trinajstić information content (AvgIpc) is 3.17. The molecule has 0 N–H and O–H groups in total. The summed E-state index contributed by atoms with van der Waals surface area (Å²) in [7, 11) is 0. The number of imidazole rings is 1. The third-order valence-electron chi connectivity index (χ3n) is 6.23. The number of likely N-dealkylation sites (tertiary alicyclic amines) is 1. The lowest BCUT2D eigenvalue weighted by molar-refractivity contribution is -0.137. The van der Waals surface area contributed by atoms with E-state index in [1.807, 2.05) is 29.2 Å². The van der Waals surface area contributed by atoms with Crippen molar-refractivity contribution in [2.24, 2.45) is 5.92 Å². The molecular formula is C26H33FN4O. The number of para-hydroxylation sites is 2. The van der Waals surface area contributed by atoms with Gasteiger partial charge < -0.3 is 4.90 Å². The third kappa shape index (κ3) is 4.85. The van der Waals surface area contributed by atoms with Gasteiger partial charge in [-0.25, -0.2) is 9.37 Å². The van der Waals surface area contributed by atoms with Crippen LogP contribution in [-0.2, 0) is 11.3 Å². The van der Waals surface area contributed by atoms with Crippen molar-refractivity contribution >= 4 is 16.9 Å². The van der Waals surface area contributed by atoms with E-state index in [9.17, 15) is 9.18 Å². The van der Waals surface area contributed by atoms with E-state index in [-0.39, 0.29) is 11.7 Å². The van der Waals surface area contributed by atoms with Crippen LogP contribution in [0.15, 0.2) is 48.5 Å². The smallest absolute Gasteiger partial charge is 0.226 e. The number of amides is 1. The standard InChI is InChI=1S/C26H33FN4O/c1-3-15-30(16-4-2)26(32)20-8-7-17-29(18-20)19-25-28-23-9-5-6-10-24(23)31(25)22-13-11-21(27)12-14-22/h5-6,9-14,20H,3-4,7-8,15-19H2,1-2H3/t20-/m0/s1. The second kappa shape index (κ2) is 10.3.